The van der Waals surface area contributed by atoms with Gasteiger partial charge >= 0.3 is 0 Å². The summed E-state index contributed by atoms with van der Waals surface area (Å²) in [6, 6.07) is 7.95. The number of hydrogen-bond acceptors (Lipinski definition) is 4. The monoisotopic (exact) mass is 557 g/mol. The minimum atomic E-state index is -0.609. The van der Waals surface area contributed by atoms with Gasteiger partial charge in [-0.2, -0.15) is 0 Å². The number of nitrogens with one attached hydrogen (secondary N) is 1. The minimum Gasteiger partial charge on any atom is -0.386 e. The normalized spacial score (nSPS) is 19.2. The summed E-state index contributed by atoms with van der Waals surface area (Å²) in [5, 5.41) is 13.9. The van der Waals surface area contributed by atoms with Crippen LogP contribution in [0.5, 0.6) is 0 Å². The number of piperazine rings is 1. The number of aliphatic hydroxyl groups excluding tert-OH is 1. The number of likely N-dealkylation sites (tertiary alicyclic amines) is 1. The van der Waals surface area contributed by atoms with E-state index in [0.29, 0.717) is 13.1 Å². The van der Waals surface area contributed by atoms with Crippen LogP contribution in [0.3, 0.4) is 0 Å². The van der Waals surface area contributed by atoms with Gasteiger partial charge in [0.1, 0.15) is 0 Å². The first-order valence-corrected chi connectivity index (χ1v) is 11.8. The number of hydrogen-bond donors (Lipinski definition) is 2. The molecule has 0 radical (unpaired) electrons. The van der Waals surface area contributed by atoms with Gasteiger partial charge in [-0.25, -0.2) is 0 Å². The van der Waals surface area contributed by atoms with E-state index in [4.69, 9.17) is 4.99 Å². The predicted molar refractivity (Wildman–Crippen MR) is 141 cm³/mol. The molecule has 1 amide bonds. The van der Waals surface area contributed by atoms with E-state index in [0.717, 1.165) is 70.2 Å². The third-order valence-electron chi connectivity index (χ3n) is 6.20. The van der Waals surface area contributed by atoms with E-state index in [-0.39, 0.29) is 29.9 Å². The average molecular weight is 558 g/mol. The molecule has 32 heavy (non-hydrogen) atoms. The van der Waals surface area contributed by atoms with Crippen LogP contribution in [0.2, 0.25) is 0 Å². The Balaban J connectivity index is 0.00000363. The van der Waals surface area contributed by atoms with Gasteiger partial charge in [-0.1, -0.05) is 42.7 Å². The lowest BCUT2D eigenvalue weighted by Gasteiger charge is -2.37. The van der Waals surface area contributed by atoms with Gasteiger partial charge in [-0.15, -0.1) is 24.0 Å². The zero-order chi connectivity index (χ0) is 22.1. The van der Waals surface area contributed by atoms with Gasteiger partial charge in [0.25, 0.3) is 0 Å². The number of aliphatic imine (C=N–C) groups is 1. The van der Waals surface area contributed by atoms with Crippen LogP contribution in [0.4, 0.5) is 0 Å². The molecule has 2 heterocycles. The van der Waals surface area contributed by atoms with Crippen molar-refractivity contribution in [2.45, 2.75) is 45.6 Å². The minimum absolute atomic E-state index is 0. The lowest BCUT2D eigenvalue weighted by molar-refractivity contribution is -0.132. The van der Waals surface area contributed by atoms with Gasteiger partial charge < -0.3 is 20.2 Å². The maximum absolute atomic E-state index is 12.7. The molecule has 2 fully saturated rings. The first-order valence-electron chi connectivity index (χ1n) is 11.8. The largest absolute Gasteiger partial charge is 0.386 e. The summed E-state index contributed by atoms with van der Waals surface area (Å²) in [7, 11) is 0. The second-order valence-corrected chi connectivity index (χ2v) is 8.68. The number of halogens is 1. The lowest BCUT2D eigenvalue weighted by atomic mass is 10.1. The Morgan fingerprint density at radius 3 is 2.22 bits per heavy atom. The Kier molecular flexibility index (Phi) is 11.7. The van der Waals surface area contributed by atoms with Gasteiger partial charge in [0.2, 0.25) is 5.91 Å². The van der Waals surface area contributed by atoms with Crippen molar-refractivity contribution in [3.63, 3.8) is 0 Å². The molecule has 180 valence electrons. The summed E-state index contributed by atoms with van der Waals surface area (Å²) in [5.41, 5.74) is 2.07. The highest BCUT2D eigenvalue weighted by atomic mass is 127. The maximum atomic E-state index is 12.7. The summed E-state index contributed by atoms with van der Waals surface area (Å²) in [6.45, 7) is 10.9. The number of benzene rings is 1. The van der Waals surface area contributed by atoms with Crippen molar-refractivity contribution in [1.82, 2.24) is 20.0 Å². The second-order valence-electron chi connectivity index (χ2n) is 8.68. The molecule has 0 aromatic heterocycles. The molecule has 2 saturated heterocycles. The molecule has 2 N–H and O–H groups in total. The molecule has 0 aliphatic carbocycles. The third-order valence-corrected chi connectivity index (χ3v) is 6.20. The topological polar surface area (TPSA) is 71.4 Å². The van der Waals surface area contributed by atoms with Crippen LogP contribution < -0.4 is 5.32 Å². The molecule has 0 saturated carbocycles. The molecular weight excluding hydrogens is 517 g/mol. The molecule has 1 aromatic rings. The van der Waals surface area contributed by atoms with Gasteiger partial charge in [-0.3, -0.25) is 14.7 Å². The first-order chi connectivity index (χ1) is 15.1. The van der Waals surface area contributed by atoms with E-state index in [9.17, 15) is 9.90 Å². The maximum Gasteiger partial charge on any atom is 0.236 e. The molecule has 7 nitrogen and oxygen atoms in total. The number of guanidine groups is 1. The van der Waals surface area contributed by atoms with E-state index >= 15 is 0 Å². The fraction of sp³-hybridized carbons (Fsp3) is 0.667. The average Bonchev–Trinajstić information content (AvgIpc) is 3.07. The number of carbonyl (C=O) groups excluding carboxylic acids is 1. The van der Waals surface area contributed by atoms with E-state index in [1.807, 2.05) is 31.2 Å². The van der Waals surface area contributed by atoms with Crippen LogP contribution in [-0.2, 0) is 4.79 Å². The van der Waals surface area contributed by atoms with Gasteiger partial charge in [-0.05, 0) is 32.3 Å². The smallest absolute Gasteiger partial charge is 0.236 e. The number of rotatable bonds is 6. The van der Waals surface area contributed by atoms with Crippen molar-refractivity contribution < 1.29 is 9.90 Å². The SMILES string of the molecule is CCNC(=NCC(O)c1ccc(C)cc1)N1CCN(CC(=O)N2CCCCCC2)CC1.I. The summed E-state index contributed by atoms with van der Waals surface area (Å²) in [4.78, 5) is 23.9. The van der Waals surface area contributed by atoms with Crippen LogP contribution in [0.25, 0.3) is 0 Å². The summed E-state index contributed by atoms with van der Waals surface area (Å²) in [5.74, 6) is 1.12. The van der Waals surface area contributed by atoms with Crippen molar-refractivity contribution in [2.24, 2.45) is 4.99 Å². The Morgan fingerprint density at radius 2 is 1.62 bits per heavy atom. The van der Waals surface area contributed by atoms with Crippen LogP contribution in [0, 0.1) is 6.92 Å². The van der Waals surface area contributed by atoms with Crippen molar-refractivity contribution in [3.05, 3.63) is 35.4 Å². The zero-order valence-corrected chi connectivity index (χ0v) is 22.0. The molecule has 8 heteroatoms. The lowest BCUT2D eigenvalue weighted by Crippen LogP contribution is -2.54. The highest BCUT2D eigenvalue weighted by Gasteiger charge is 2.24. The predicted octanol–water partition coefficient (Wildman–Crippen LogP) is 2.63. The molecule has 0 spiro atoms. The fourth-order valence-electron chi connectivity index (χ4n) is 4.22. The number of carbonyl (C=O) groups is 1. The Bertz CT molecular complexity index is 712. The molecule has 3 rings (SSSR count). The Labute approximate surface area is 210 Å². The Morgan fingerprint density at radius 1 is 1.00 bits per heavy atom. The summed E-state index contributed by atoms with van der Waals surface area (Å²) < 4.78 is 0. The van der Waals surface area contributed by atoms with Crippen molar-refractivity contribution >= 4 is 35.8 Å². The van der Waals surface area contributed by atoms with Crippen LogP contribution in [-0.4, -0.2) is 90.6 Å². The van der Waals surface area contributed by atoms with E-state index < -0.39 is 6.10 Å². The van der Waals surface area contributed by atoms with Crippen LogP contribution in [0.15, 0.2) is 29.3 Å². The van der Waals surface area contributed by atoms with Crippen molar-refractivity contribution in [1.29, 1.82) is 0 Å². The zero-order valence-electron chi connectivity index (χ0n) is 19.6. The Hall–Kier alpha value is -1.39. The molecule has 0 bridgehead atoms. The number of aliphatic hydroxyl groups is 1. The number of amides is 1. The first kappa shape index (κ1) is 26.9. The molecule has 2 aliphatic heterocycles. The van der Waals surface area contributed by atoms with E-state index in [2.05, 4.69) is 26.9 Å². The highest BCUT2D eigenvalue weighted by molar-refractivity contribution is 14.0. The second kappa shape index (κ2) is 14.0. The van der Waals surface area contributed by atoms with E-state index in [1.54, 1.807) is 0 Å². The standard InChI is InChI=1S/C24H39N5O2.HI/c1-3-25-24(26-18-22(30)21-10-8-20(2)9-11-21)29-16-14-27(15-17-29)19-23(31)28-12-6-4-5-7-13-28;/h8-11,22,30H,3-7,12-19H2,1-2H3,(H,25,26);1H. The number of aryl methyl sites for hydroxylation is 1. The van der Waals surface area contributed by atoms with Crippen LogP contribution in [0.1, 0.15) is 49.8 Å². The number of nitrogens with zero attached hydrogens (tertiary/aromatic N) is 4. The van der Waals surface area contributed by atoms with Crippen molar-refractivity contribution in [2.75, 3.05) is 58.9 Å². The van der Waals surface area contributed by atoms with Gasteiger partial charge in [0, 0.05) is 45.8 Å². The quantitative estimate of drug-likeness (QED) is 0.320. The summed E-state index contributed by atoms with van der Waals surface area (Å²) in [6.07, 6.45) is 4.15. The highest BCUT2D eigenvalue weighted by Crippen LogP contribution is 2.15. The molecule has 1 atom stereocenters. The van der Waals surface area contributed by atoms with Crippen molar-refractivity contribution in [3.8, 4) is 0 Å². The third kappa shape index (κ3) is 8.19. The molecule has 1 aromatic carbocycles. The van der Waals surface area contributed by atoms with Gasteiger partial charge in [0.05, 0.1) is 19.2 Å². The fourth-order valence-corrected chi connectivity index (χ4v) is 4.22. The molecule has 2 aliphatic rings. The molecular formula is C24H40IN5O2. The van der Waals surface area contributed by atoms with E-state index in [1.165, 1.54) is 18.4 Å². The summed E-state index contributed by atoms with van der Waals surface area (Å²) >= 11 is 0. The molecule has 1 unspecified atom stereocenters. The van der Waals surface area contributed by atoms with Crippen LogP contribution >= 0.6 is 24.0 Å². The van der Waals surface area contributed by atoms with Gasteiger partial charge in [0.15, 0.2) is 5.96 Å².